The number of hydrogen-bond donors (Lipinski definition) is 1. The van der Waals surface area contributed by atoms with Crippen LogP contribution in [0.15, 0.2) is 41.0 Å². The topological polar surface area (TPSA) is 65.7 Å². The van der Waals surface area contributed by atoms with Crippen LogP contribution < -0.4 is 5.73 Å². The van der Waals surface area contributed by atoms with Crippen LogP contribution in [0.5, 0.6) is 0 Å². The summed E-state index contributed by atoms with van der Waals surface area (Å²) in [6.45, 7) is 6.50. The van der Waals surface area contributed by atoms with E-state index in [4.69, 9.17) is 5.73 Å². The molecule has 2 N–H and O–H groups in total. The highest BCUT2D eigenvalue weighted by molar-refractivity contribution is 9.10. The van der Waals surface area contributed by atoms with Gasteiger partial charge in [-0.1, -0.05) is 15.9 Å². The first-order valence-corrected chi connectivity index (χ1v) is 11.6. The van der Waals surface area contributed by atoms with Crippen LogP contribution >= 0.6 is 15.9 Å². The van der Waals surface area contributed by atoms with E-state index >= 15 is 0 Å². The molecule has 1 aromatic carbocycles. The minimum atomic E-state index is -0.217. The highest BCUT2D eigenvalue weighted by Crippen LogP contribution is 2.24. The van der Waals surface area contributed by atoms with E-state index in [1.54, 1.807) is 18.3 Å². The molecule has 2 fully saturated rings. The highest BCUT2D eigenvalue weighted by atomic mass is 79.9. The fourth-order valence-electron chi connectivity index (χ4n) is 4.48. The summed E-state index contributed by atoms with van der Waals surface area (Å²) in [6, 6.07) is 8.70. The number of nitrogen functional groups attached to an aromatic ring is 1. The summed E-state index contributed by atoms with van der Waals surface area (Å²) in [4.78, 5) is 23.8. The van der Waals surface area contributed by atoms with Crippen LogP contribution in [0.2, 0.25) is 0 Å². The largest absolute Gasteiger partial charge is 0.384 e. The summed E-state index contributed by atoms with van der Waals surface area (Å²) in [5, 5.41) is 0. The van der Waals surface area contributed by atoms with Crippen LogP contribution in [0.4, 0.5) is 10.2 Å². The number of carbonyl (C=O) groups excluding carboxylic acids is 1. The average Bonchev–Trinajstić information content (AvgIpc) is 2.77. The van der Waals surface area contributed by atoms with Crippen LogP contribution in [0.1, 0.15) is 24.0 Å². The van der Waals surface area contributed by atoms with Gasteiger partial charge in [0.25, 0.3) is 0 Å². The van der Waals surface area contributed by atoms with Gasteiger partial charge in [0.2, 0.25) is 5.91 Å². The molecule has 0 spiro atoms. The van der Waals surface area contributed by atoms with Crippen molar-refractivity contribution in [3.8, 4) is 0 Å². The zero-order valence-electron chi connectivity index (χ0n) is 17.6. The lowest BCUT2D eigenvalue weighted by Crippen LogP contribution is -2.51. The Labute approximate surface area is 191 Å². The number of likely N-dealkylation sites (tertiary alicyclic amines) is 1. The van der Waals surface area contributed by atoms with Crippen molar-refractivity contribution < 1.29 is 9.18 Å². The summed E-state index contributed by atoms with van der Waals surface area (Å²) in [7, 11) is 0. The fraction of sp³-hybridized carbons (Fsp3) is 0.478. The Morgan fingerprint density at radius 2 is 1.74 bits per heavy atom. The van der Waals surface area contributed by atoms with Gasteiger partial charge in [0.05, 0.1) is 0 Å². The second-order valence-electron chi connectivity index (χ2n) is 8.48. The highest BCUT2D eigenvalue weighted by Gasteiger charge is 2.30. The lowest BCUT2D eigenvalue weighted by Gasteiger charge is -2.38. The Morgan fingerprint density at radius 3 is 2.45 bits per heavy atom. The first kappa shape index (κ1) is 22.2. The van der Waals surface area contributed by atoms with Crippen molar-refractivity contribution in [1.29, 1.82) is 0 Å². The van der Waals surface area contributed by atoms with Gasteiger partial charge in [-0.25, -0.2) is 9.37 Å². The molecule has 0 saturated carbocycles. The van der Waals surface area contributed by atoms with Gasteiger partial charge in [-0.05, 0) is 67.4 Å². The van der Waals surface area contributed by atoms with Gasteiger partial charge < -0.3 is 10.6 Å². The lowest BCUT2D eigenvalue weighted by atomic mass is 9.94. The van der Waals surface area contributed by atoms with Gasteiger partial charge in [0.1, 0.15) is 11.6 Å². The van der Waals surface area contributed by atoms with Crippen LogP contribution in [-0.4, -0.2) is 64.9 Å². The maximum absolute atomic E-state index is 13.5. The van der Waals surface area contributed by atoms with Crippen molar-refractivity contribution in [2.45, 2.75) is 25.9 Å². The molecular formula is C23H29BrFN5O. The molecular weight excluding hydrogens is 461 g/mol. The zero-order chi connectivity index (χ0) is 21.8. The molecule has 0 bridgehead atoms. The SMILES string of the molecule is Nc1cc(CN2CCC(C(=O)N3CCN(Cc4cc(F)ccc4Br)CC3)CC2)ccn1. The van der Waals surface area contributed by atoms with Gasteiger partial charge in [0.15, 0.2) is 0 Å². The third-order valence-electron chi connectivity index (χ3n) is 6.27. The number of amides is 1. The van der Waals surface area contributed by atoms with Crippen LogP contribution in [0.25, 0.3) is 0 Å². The number of halogens is 2. The van der Waals surface area contributed by atoms with Gasteiger partial charge in [-0.3, -0.25) is 14.6 Å². The van der Waals surface area contributed by atoms with Crippen molar-refractivity contribution in [1.82, 2.24) is 19.7 Å². The van der Waals surface area contributed by atoms with E-state index < -0.39 is 0 Å². The number of rotatable bonds is 5. The number of pyridine rings is 1. The molecule has 2 aliphatic heterocycles. The molecule has 0 unspecified atom stereocenters. The Bertz CT molecular complexity index is 911. The fourth-order valence-corrected chi connectivity index (χ4v) is 4.85. The maximum Gasteiger partial charge on any atom is 0.225 e. The predicted octanol–water partition coefficient (Wildman–Crippen LogP) is 3.12. The van der Waals surface area contributed by atoms with Crippen molar-refractivity contribution in [3.63, 3.8) is 0 Å². The van der Waals surface area contributed by atoms with Crippen LogP contribution in [0.3, 0.4) is 0 Å². The van der Waals surface area contributed by atoms with Gasteiger partial charge in [0, 0.05) is 55.9 Å². The molecule has 0 aliphatic carbocycles. The number of anilines is 1. The zero-order valence-corrected chi connectivity index (χ0v) is 19.2. The van der Waals surface area contributed by atoms with Gasteiger partial charge in [-0.2, -0.15) is 0 Å². The van der Waals surface area contributed by atoms with Crippen molar-refractivity contribution in [2.24, 2.45) is 5.92 Å². The van der Waals surface area contributed by atoms with E-state index in [1.807, 2.05) is 17.0 Å². The van der Waals surface area contributed by atoms with E-state index in [9.17, 15) is 9.18 Å². The van der Waals surface area contributed by atoms with E-state index in [0.717, 1.165) is 68.7 Å². The molecule has 1 aromatic heterocycles. The molecule has 8 heteroatoms. The molecule has 3 heterocycles. The number of nitrogens with zero attached hydrogens (tertiary/aromatic N) is 4. The summed E-state index contributed by atoms with van der Waals surface area (Å²) < 4.78 is 14.5. The number of piperidine rings is 1. The van der Waals surface area contributed by atoms with Gasteiger partial charge >= 0.3 is 0 Å². The molecule has 31 heavy (non-hydrogen) atoms. The molecule has 2 aliphatic rings. The van der Waals surface area contributed by atoms with Crippen molar-refractivity contribution in [3.05, 3.63) is 57.9 Å². The molecule has 4 rings (SSSR count). The van der Waals surface area contributed by atoms with Crippen LogP contribution in [-0.2, 0) is 17.9 Å². The molecule has 1 amide bonds. The third-order valence-corrected chi connectivity index (χ3v) is 7.05. The molecule has 166 valence electrons. The quantitative estimate of drug-likeness (QED) is 0.698. The first-order chi connectivity index (χ1) is 15.0. The maximum atomic E-state index is 13.5. The Kier molecular flexibility index (Phi) is 7.20. The number of nitrogens with two attached hydrogens (primary N) is 1. The molecule has 0 radical (unpaired) electrons. The molecule has 2 saturated heterocycles. The second-order valence-corrected chi connectivity index (χ2v) is 9.33. The Balaban J connectivity index is 1.22. The van der Waals surface area contributed by atoms with Crippen molar-refractivity contribution >= 4 is 27.7 Å². The normalized spacial score (nSPS) is 19.0. The Hall–Kier alpha value is -2.03. The molecule has 0 atom stereocenters. The summed E-state index contributed by atoms with van der Waals surface area (Å²) in [6.07, 6.45) is 3.54. The smallest absolute Gasteiger partial charge is 0.225 e. The summed E-state index contributed by atoms with van der Waals surface area (Å²) >= 11 is 3.50. The van der Waals surface area contributed by atoms with E-state index in [2.05, 4.69) is 30.7 Å². The predicted molar refractivity (Wildman–Crippen MR) is 123 cm³/mol. The number of benzene rings is 1. The third kappa shape index (κ3) is 5.81. The van der Waals surface area contributed by atoms with E-state index in [-0.39, 0.29) is 11.7 Å². The van der Waals surface area contributed by atoms with Gasteiger partial charge in [-0.15, -0.1) is 0 Å². The molecule has 2 aromatic rings. The first-order valence-electron chi connectivity index (χ1n) is 10.9. The lowest BCUT2D eigenvalue weighted by molar-refractivity contribution is -0.139. The second kappa shape index (κ2) is 10.1. The average molecular weight is 490 g/mol. The standard InChI is InChI=1S/C23H29BrFN5O/c24-21-2-1-20(25)14-19(21)16-29-9-11-30(12-10-29)23(31)18-4-7-28(8-5-18)15-17-3-6-27-22(26)13-17/h1-3,6,13-14,18H,4-5,7-12,15-16H2,(H2,26,27). The summed E-state index contributed by atoms with van der Waals surface area (Å²) in [5.74, 6) is 0.735. The van der Waals surface area contributed by atoms with Crippen molar-refractivity contribution in [2.75, 3.05) is 45.0 Å². The Morgan fingerprint density at radius 1 is 1.03 bits per heavy atom. The van der Waals surface area contributed by atoms with Crippen LogP contribution in [0, 0.1) is 11.7 Å². The monoisotopic (exact) mass is 489 g/mol. The number of hydrogen-bond acceptors (Lipinski definition) is 5. The summed E-state index contributed by atoms with van der Waals surface area (Å²) in [5.41, 5.74) is 7.89. The minimum absolute atomic E-state index is 0.114. The number of piperazine rings is 1. The molecule has 6 nitrogen and oxygen atoms in total. The minimum Gasteiger partial charge on any atom is -0.384 e. The number of carbonyl (C=O) groups is 1. The number of aromatic nitrogens is 1. The van der Waals surface area contributed by atoms with E-state index in [0.29, 0.717) is 18.3 Å². The van der Waals surface area contributed by atoms with E-state index in [1.165, 1.54) is 11.6 Å².